The number of hydrogen-bond donors (Lipinski definition) is 0. The van der Waals surface area contributed by atoms with Gasteiger partial charge in [0.1, 0.15) is 12.4 Å². The lowest BCUT2D eigenvalue weighted by molar-refractivity contribution is 0.273. The first-order valence-corrected chi connectivity index (χ1v) is 9.48. The molecule has 0 aliphatic carbocycles. The highest BCUT2D eigenvalue weighted by molar-refractivity contribution is 9.10. The van der Waals surface area contributed by atoms with Crippen LogP contribution in [0.4, 0.5) is 0 Å². The van der Waals surface area contributed by atoms with E-state index in [1.54, 1.807) is 7.11 Å². The Bertz CT molecular complexity index is 1070. The van der Waals surface area contributed by atoms with E-state index in [-0.39, 0.29) is 0 Å². The molecule has 1 heterocycles. The molecule has 0 unspecified atom stereocenters. The minimum absolute atomic E-state index is 0.364. The third kappa shape index (κ3) is 3.83. The highest BCUT2D eigenvalue weighted by atomic mass is 79.9. The van der Waals surface area contributed by atoms with Crippen molar-refractivity contribution in [1.29, 1.82) is 0 Å². The first-order chi connectivity index (χ1) is 13.2. The predicted octanol–water partition coefficient (Wildman–Crippen LogP) is 5.43. The molecule has 0 saturated heterocycles. The van der Waals surface area contributed by atoms with Crippen molar-refractivity contribution in [2.75, 3.05) is 7.11 Å². The van der Waals surface area contributed by atoms with Crippen LogP contribution in [-0.4, -0.2) is 16.7 Å². The van der Waals surface area contributed by atoms with Crippen LogP contribution in [0.1, 0.15) is 11.4 Å². The fourth-order valence-corrected chi connectivity index (χ4v) is 3.56. The molecule has 27 heavy (non-hydrogen) atoms. The molecule has 0 atom stereocenters. The number of fused-ring (bicyclic) bond motifs is 1. The molecule has 5 heteroatoms. The van der Waals surface area contributed by atoms with E-state index in [0.29, 0.717) is 18.1 Å². The topological polar surface area (TPSA) is 36.3 Å². The van der Waals surface area contributed by atoms with E-state index >= 15 is 0 Å². The molecule has 4 rings (SSSR count). The summed E-state index contributed by atoms with van der Waals surface area (Å²) in [5.74, 6) is 2.30. The summed E-state index contributed by atoms with van der Waals surface area (Å²) in [6, 6.07) is 24.1. The molecule has 0 bridgehead atoms. The van der Waals surface area contributed by atoms with E-state index < -0.39 is 0 Å². The summed E-state index contributed by atoms with van der Waals surface area (Å²) in [5, 5.41) is 0. The number of benzene rings is 3. The van der Waals surface area contributed by atoms with E-state index in [1.807, 2.05) is 54.6 Å². The number of nitrogens with zero attached hydrogens (tertiary/aromatic N) is 2. The number of ether oxygens (including phenoxy) is 2. The fraction of sp³-hybridized carbons (Fsp3) is 0.136. The fourth-order valence-electron chi connectivity index (χ4n) is 3.11. The van der Waals surface area contributed by atoms with Gasteiger partial charge in [0.25, 0.3) is 0 Å². The molecule has 0 spiro atoms. The summed E-state index contributed by atoms with van der Waals surface area (Å²) in [5.41, 5.74) is 3.26. The van der Waals surface area contributed by atoms with Crippen LogP contribution in [-0.2, 0) is 13.2 Å². The van der Waals surface area contributed by atoms with Gasteiger partial charge in [0.15, 0.2) is 11.5 Å². The molecule has 0 radical (unpaired) electrons. The summed E-state index contributed by atoms with van der Waals surface area (Å²) in [6.07, 6.45) is 0. The van der Waals surface area contributed by atoms with Crippen molar-refractivity contribution < 1.29 is 9.47 Å². The first kappa shape index (κ1) is 17.6. The number of imidazole rings is 1. The minimum atomic E-state index is 0.364. The molecule has 0 N–H and O–H groups in total. The predicted molar refractivity (Wildman–Crippen MR) is 110 cm³/mol. The second kappa shape index (κ2) is 7.84. The molecular weight excluding hydrogens is 404 g/mol. The first-order valence-electron chi connectivity index (χ1n) is 8.69. The standard InChI is InChI=1S/C22H19BrN2O2/c1-26-20-11-4-5-12-21(20)27-15-22-24-18-9-2-3-10-19(18)25(22)14-16-7-6-8-17(23)13-16/h2-13H,14-15H2,1H3. The van der Waals surface area contributed by atoms with Crippen molar-refractivity contribution in [3.05, 3.63) is 88.7 Å². The Labute approximate surface area is 166 Å². The van der Waals surface area contributed by atoms with E-state index in [1.165, 1.54) is 5.56 Å². The summed E-state index contributed by atoms with van der Waals surface area (Å²) < 4.78 is 14.7. The van der Waals surface area contributed by atoms with Crippen LogP contribution < -0.4 is 9.47 Å². The molecule has 0 amide bonds. The highest BCUT2D eigenvalue weighted by Gasteiger charge is 2.13. The van der Waals surface area contributed by atoms with Gasteiger partial charge in [0.05, 0.1) is 18.1 Å². The van der Waals surface area contributed by atoms with Crippen molar-refractivity contribution in [2.24, 2.45) is 0 Å². The summed E-state index contributed by atoms with van der Waals surface area (Å²) in [7, 11) is 1.64. The SMILES string of the molecule is COc1ccccc1OCc1nc2ccccc2n1Cc1cccc(Br)c1. The van der Waals surface area contributed by atoms with E-state index in [2.05, 4.69) is 38.7 Å². The van der Waals surface area contributed by atoms with Gasteiger partial charge in [0, 0.05) is 11.0 Å². The van der Waals surface area contributed by atoms with Gasteiger partial charge in [-0.05, 0) is 42.0 Å². The normalized spacial score (nSPS) is 10.9. The van der Waals surface area contributed by atoms with Crippen LogP contribution in [0.5, 0.6) is 11.5 Å². The Morgan fingerprint density at radius 2 is 1.70 bits per heavy atom. The maximum Gasteiger partial charge on any atom is 0.161 e. The number of aromatic nitrogens is 2. The maximum absolute atomic E-state index is 6.03. The quantitative estimate of drug-likeness (QED) is 0.415. The van der Waals surface area contributed by atoms with Gasteiger partial charge in [-0.2, -0.15) is 0 Å². The zero-order valence-corrected chi connectivity index (χ0v) is 16.5. The smallest absolute Gasteiger partial charge is 0.161 e. The number of halogens is 1. The molecule has 0 fully saturated rings. The van der Waals surface area contributed by atoms with E-state index in [9.17, 15) is 0 Å². The molecule has 0 saturated carbocycles. The number of methoxy groups -OCH3 is 1. The van der Waals surface area contributed by atoms with Crippen molar-refractivity contribution in [3.63, 3.8) is 0 Å². The van der Waals surface area contributed by atoms with Crippen molar-refractivity contribution >= 4 is 27.0 Å². The zero-order chi connectivity index (χ0) is 18.6. The average Bonchev–Trinajstić information content (AvgIpc) is 3.04. The molecular formula is C22H19BrN2O2. The van der Waals surface area contributed by atoms with Gasteiger partial charge in [-0.25, -0.2) is 4.98 Å². The van der Waals surface area contributed by atoms with Crippen LogP contribution in [0.2, 0.25) is 0 Å². The van der Waals surface area contributed by atoms with Gasteiger partial charge in [-0.1, -0.05) is 52.3 Å². The van der Waals surface area contributed by atoms with E-state index in [4.69, 9.17) is 14.5 Å². The average molecular weight is 423 g/mol. The molecule has 0 aliphatic heterocycles. The van der Waals surface area contributed by atoms with Crippen LogP contribution in [0.3, 0.4) is 0 Å². The molecule has 136 valence electrons. The van der Waals surface area contributed by atoms with Crippen LogP contribution in [0, 0.1) is 0 Å². The number of hydrogen-bond acceptors (Lipinski definition) is 3. The Morgan fingerprint density at radius 1 is 0.926 bits per heavy atom. The second-order valence-electron chi connectivity index (χ2n) is 6.17. The Hall–Kier alpha value is -2.79. The zero-order valence-electron chi connectivity index (χ0n) is 14.9. The van der Waals surface area contributed by atoms with Gasteiger partial charge in [-0.15, -0.1) is 0 Å². The van der Waals surface area contributed by atoms with Crippen LogP contribution in [0.25, 0.3) is 11.0 Å². The largest absolute Gasteiger partial charge is 0.493 e. The molecule has 4 aromatic rings. The molecule has 4 nitrogen and oxygen atoms in total. The van der Waals surface area contributed by atoms with Crippen LogP contribution >= 0.6 is 15.9 Å². The van der Waals surface area contributed by atoms with Crippen molar-refractivity contribution in [2.45, 2.75) is 13.2 Å². The summed E-state index contributed by atoms with van der Waals surface area (Å²) in [4.78, 5) is 4.79. The molecule has 3 aromatic carbocycles. The lowest BCUT2D eigenvalue weighted by Gasteiger charge is -2.12. The lowest BCUT2D eigenvalue weighted by Crippen LogP contribution is -2.08. The minimum Gasteiger partial charge on any atom is -0.493 e. The Kier molecular flexibility index (Phi) is 5.12. The van der Waals surface area contributed by atoms with Crippen molar-refractivity contribution in [1.82, 2.24) is 9.55 Å². The Morgan fingerprint density at radius 3 is 2.52 bits per heavy atom. The van der Waals surface area contributed by atoms with Crippen LogP contribution in [0.15, 0.2) is 77.3 Å². The van der Waals surface area contributed by atoms with Gasteiger partial charge >= 0.3 is 0 Å². The van der Waals surface area contributed by atoms with Gasteiger partial charge in [-0.3, -0.25) is 0 Å². The summed E-state index contributed by atoms with van der Waals surface area (Å²) in [6.45, 7) is 1.09. The molecule has 1 aromatic heterocycles. The second-order valence-corrected chi connectivity index (χ2v) is 7.09. The van der Waals surface area contributed by atoms with Gasteiger partial charge < -0.3 is 14.0 Å². The molecule has 0 aliphatic rings. The maximum atomic E-state index is 6.03. The lowest BCUT2D eigenvalue weighted by atomic mass is 10.2. The summed E-state index contributed by atoms with van der Waals surface area (Å²) >= 11 is 3.55. The highest BCUT2D eigenvalue weighted by Crippen LogP contribution is 2.27. The third-order valence-corrected chi connectivity index (χ3v) is 4.88. The number of rotatable bonds is 6. The Balaban J connectivity index is 1.67. The van der Waals surface area contributed by atoms with Gasteiger partial charge in [0.2, 0.25) is 0 Å². The van der Waals surface area contributed by atoms with Crippen molar-refractivity contribution in [3.8, 4) is 11.5 Å². The monoisotopic (exact) mass is 422 g/mol. The van der Waals surface area contributed by atoms with E-state index in [0.717, 1.165) is 27.9 Å². The third-order valence-electron chi connectivity index (χ3n) is 4.39. The number of para-hydroxylation sites is 4.